The molecule has 0 aliphatic rings. The Hall–Kier alpha value is -1.59. The monoisotopic (exact) mass is 380 g/mol. The summed E-state index contributed by atoms with van der Waals surface area (Å²) in [4.78, 5) is 32.3. The van der Waals surface area contributed by atoms with E-state index in [9.17, 15) is 14.4 Å². The van der Waals surface area contributed by atoms with Gasteiger partial charge in [0.2, 0.25) is 5.78 Å². The first-order chi connectivity index (χ1) is 12.6. The molecule has 10 heteroatoms. The van der Waals surface area contributed by atoms with Crippen molar-refractivity contribution in [2.24, 2.45) is 0 Å². The van der Waals surface area contributed by atoms with Gasteiger partial charge in [0.1, 0.15) is 6.61 Å². The van der Waals surface area contributed by atoms with Crippen LogP contribution in [0.15, 0.2) is 0 Å². The molecule has 0 aromatic rings. The Morgan fingerprint density at radius 2 is 1.08 bits per heavy atom. The van der Waals surface area contributed by atoms with Crippen LogP contribution in [0, 0.1) is 0 Å². The molecule has 0 aliphatic carbocycles. The molecule has 152 valence electrons. The van der Waals surface area contributed by atoms with Crippen molar-refractivity contribution in [2.75, 3.05) is 73.2 Å². The SMILES string of the molecule is COCCOCCOCCOCCOCCOC(=O)CCC(=O)C(=O)O. The molecule has 0 unspecified atom stereocenters. The third-order valence-corrected chi connectivity index (χ3v) is 2.83. The van der Waals surface area contributed by atoms with Crippen molar-refractivity contribution in [2.45, 2.75) is 12.8 Å². The number of methoxy groups -OCH3 is 1. The van der Waals surface area contributed by atoms with Crippen molar-refractivity contribution in [1.82, 2.24) is 0 Å². The van der Waals surface area contributed by atoms with Gasteiger partial charge < -0.3 is 33.5 Å². The van der Waals surface area contributed by atoms with Crippen molar-refractivity contribution in [3.8, 4) is 0 Å². The first-order valence-corrected chi connectivity index (χ1v) is 8.29. The van der Waals surface area contributed by atoms with Gasteiger partial charge in [-0.3, -0.25) is 9.59 Å². The van der Waals surface area contributed by atoms with Crippen LogP contribution in [0.25, 0.3) is 0 Å². The Morgan fingerprint density at radius 3 is 1.50 bits per heavy atom. The molecule has 0 aromatic carbocycles. The first kappa shape index (κ1) is 24.4. The summed E-state index contributed by atoms with van der Waals surface area (Å²) in [5, 5.41) is 8.36. The topological polar surface area (TPSA) is 127 Å². The Balaban J connectivity index is 3.20. The van der Waals surface area contributed by atoms with Gasteiger partial charge in [0, 0.05) is 13.5 Å². The minimum atomic E-state index is -1.55. The van der Waals surface area contributed by atoms with Gasteiger partial charge in [-0.25, -0.2) is 4.79 Å². The number of esters is 1. The number of carboxylic acids is 1. The first-order valence-electron chi connectivity index (χ1n) is 8.29. The average Bonchev–Trinajstić information content (AvgIpc) is 2.62. The van der Waals surface area contributed by atoms with Gasteiger partial charge in [-0.1, -0.05) is 0 Å². The molecule has 10 nitrogen and oxygen atoms in total. The number of carbonyl (C=O) groups is 3. The molecular formula is C16H28O10. The van der Waals surface area contributed by atoms with Crippen LogP contribution < -0.4 is 0 Å². The van der Waals surface area contributed by atoms with E-state index >= 15 is 0 Å². The zero-order valence-corrected chi connectivity index (χ0v) is 15.1. The van der Waals surface area contributed by atoms with Gasteiger partial charge in [0.05, 0.1) is 65.9 Å². The number of rotatable bonds is 19. The number of hydrogen-bond donors (Lipinski definition) is 1. The molecule has 0 spiro atoms. The zero-order chi connectivity index (χ0) is 19.5. The number of ketones is 1. The molecule has 26 heavy (non-hydrogen) atoms. The molecule has 0 radical (unpaired) electrons. The van der Waals surface area contributed by atoms with E-state index in [0.717, 1.165) is 0 Å². The largest absolute Gasteiger partial charge is 0.476 e. The Morgan fingerprint density at radius 1 is 0.654 bits per heavy atom. The number of carbonyl (C=O) groups excluding carboxylic acids is 2. The lowest BCUT2D eigenvalue weighted by Gasteiger charge is -2.08. The molecular weight excluding hydrogens is 352 g/mol. The highest BCUT2D eigenvalue weighted by molar-refractivity contribution is 6.32. The fourth-order valence-corrected chi connectivity index (χ4v) is 1.51. The molecule has 1 N–H and O–H groups in total. The Labute approximate surface area is 152 Å². The van der Waals surface area contributed by atoms with Crippen LogP contribution in [0.1, 0.15) is 12.8 Å². The second kappa shape index (κ2) is 18.2. The van der Waals surface area contributed by atoms with Crippen molar-refractivity contribution in [1.29, 1.82) is 0 Å². The van der Waals surface area contributed by atoms with E-state index in [4.69, 9.17) is 33.5 Å². The molecule has 0 heterocycles. The summed E-state index contributed by atoms with van der Waals surface area (Å²) in [7, 11) is 1.61. The maximum absolute atomic E-state index is 11.2. The number of ether oxygens (including phenoxy) is 6. The lowest BCUT2D eigenvalue weighted by molar-refractivity contribution is -0.151. The van der Waals surface area contributed by atoms with Crippen molar-refractivity contribution in [3.63, 3.8) is 0 Å². The van der Waals surface area contributed by atoms with Crippen LogP contribution in [-0.2, 0) is 42.8 Å². The predicted molar refractivity (Wildman–Crippen MR) is 88.0 cm³/mol. The second-order valence-corrected chi connectivity index (χ2v) is 4.89. The Bertz CT molecular complexity index is 385. The average molecular weight is 380 g/mol. The highest BCUT2D eigenvalue weighted by Crippen LogP contribution is 1.95. The van der Waals surface area contributed by atoms with Crippen molar-refractivity contribution in [3.05, 3.63) is 0 Å². The fourth-order valence-electron chi connectivity index (χ4n) is 1.51. The normalized spacial score (nSPS) is 10.7. The van der Waals surface area contributed by atoms with Crippen LogP contribution in [-0.4, -0.2) is 96.0 Å². The van der Waals surface area contributed by atoms with Gasteiger partial charge in [0.15, 0.2) is 0 Å². The van der Waals surface area contributed by atoms with Crippen LogP contribution in [0.4, 0.5) is 0 Å². The number of hydrogen-bond acceptors (Lipinski definition) is 9. The van der Waals surface area contributed by atoms with Gasteiger partial charge in [-0.2, -0.15) is 0 Å². The molecule has 0 atom stereocenters. The quantitative estimate of drug-likeness (QED) is 0.181. The highest BCUT2D eigenvalue weighted by Gasteiger charge is 2.13. The van der Waals surface area contributed by atoms with Gasteiger partial charge >= 0.3 is 11.9 Å². The maximum atomic E-state index is 11.2. The fraction of sp³-hybridized carbons (Fsp3) is 0.812. The molecule has 0 saturated carbocycles. The van der Waals surface area contributed by atoms with Crippen molar-refractivity contribution < 1.29 is 47.9 Å². The van der Waals surface area contributed by atoms with Crippen LogP contribution in [0.3, 0.4) is 0 Å². The van der Waals surface area contributed by atoms with E-state index < -0.39 is 17.7 Å². The summed E-state index contributed by atoms with van der Waals surface area (Å²) in [6.45, 7) is 3.96. The molecule has 0 aliphatic heterocycles. The van der Waals surface area contributed by atoms with Gasteiger partial charge in [-0.05, 0) is 0 Å². The summed E-state index contributed by atoms with van der Waals surface area (Å²) >= 11 is 0. The second-order valence-electron chi connectivity index (χ2n) is 4.89. The minimum absolute atomic E-state index is 0.0340. The summed E-state index contributed by atoms with van der Waals surface area (Å²) in [5.41, 5.74) is 0. The van der Waals surface area contributed by atoms with E-state index in [0.29, 0.717) is 52.9 Å². The maximum Gasteiger partial charge on any atom is 0.372 e. The van der Waals surface area contributed by atoms with Crippen molar-refractivity contribution >= 4 is 17.7 Å². The molecule has 0 fully saturated rings. The molecule has 0 bridgehead atoms. The van der Waals surface area contributed by atoms with Crippen LogP contribution in [0.5, 0.6) is 0 Å². The highest BCUT2D eigenvalue weighted by atomic mass is 16.6. The molecule has 0 saturated heterocycles. The van der Waals surface area contributed by atoms with E-state index in [-0.39, 0.29) is 26.1 Å². The zero-order valence-electron chi connectivity index (χ0n) is 15.1. The van der Waals surface area contributed by atoms with E-state index in [1.165, 1.54) is 0 Å². The van der Waals surface area contributed by atoms with Crippen LogP contribution in [0.2, 0.25) is 0 Å². The summed E-state index contributed by atoms with van der Waals surface area (Å²) in [6.07, 6.45) is -0.629. The predicted octanol–water partition coefficient (Wildman–Crippen LogP) is -0.324. The van der Waals surface area contributed by atoms with Gasteiger partial charge in [-0.15, -0.1) is 0 Å². The summed E-state index contributed by atoms with van der Waals surface area (Å²) in [5.74, 6) is -3.21. The summed E-state index contributed by atoms with van der Waals surface area (Å²) < 4.78 is 30.6. The number of carboxylic acid groups (broad SMARTS) is 1. The molecule has 0 amide bonds. The smallest absolute Gasteiger partial charge is 0.372 e. The molecule has 0 rings (SSSR count). The standard InChI is InChI=1S/C16H28O10/c1-21-4-5-22-6-7-23-8-9-24-10-11-25-12-13-26-15(18)3-2-14(17)16(19)20/h2-13H2,1H3,(H,19,20). The van der Waals surface area contributed by atoms with Gasteiger partial charge in [0.25, 0.3) is 0 Å². The minimum Gasteiger partial charge on any atom is -0.476 e. The third kappa shape index (κ3) is 17.2. The van der Waals surface area contributed by atoms with E-state index in [1.807, 2.05) is 0 Å². The lowest BCUT2D eigenvalue weighted by Crippen LogP contribution is -2.17. The third-order valence-electron chi connectivity index (χ3n) is 2.83. The van der Waals surface area contributed by atoms with E-state index in [1.54, 1.807) is 7.11 Å². The van der Waals surface area contributed by atoms with Crippen LogP contribution >= 0.6 is 0 Å². The molecule has 0 aromatic heterocycles. The Kier molecular flexibility index (Phi) is 17.1. The number of aliphatic carboxylic acids is 1. The number of Topliss-reactive ketones (excluding diaryl/α,β-unsaturated/α-hetero) is 1. The summed E-state index contributed by atoms with van der Waals surface area (Å²) in [6, 6.07) is 0. The van der Waals surface area contributed by atoms with E-state index in [2.05, 4.69) is 0 Å². The lowest BCUT2D eigenvalue weighted by atomic mass is 10.2.